The smallest absolute Gasteiger partial charge is 0.263 e. The third kappa shape index (κ3) is 5.07. The lowest BCUT2D eigenvalue weighted by Crippen LogP contribution is -2.46. The van der Waals surface area contributed by atoms with Crippen molar-refractivity contribution in [2.24, 2.45) is 0 Å². The van der Waals surface area contributed by atoms with Gasteiger partial charge in [-0.25, -0.2) is 12.8 Å². The predicted molar refractivity (Wildman–Crippen MR) is 101 cm³/mol. The molecule has 2 unspecified atom stereocenters. The molecular weight excluding hydrogens is 369 g/mol. The maximum absolute atomic E-state index is 13.4. The minimum absolute atomic E-state index is 0.0434. The Balaban J connectivity index is 1.79. The summed E-state index contributed by atoms with van der Waals surface area (Å²) in [7, 11) is -3.14. The fourth-order valence-corrected chi connectivity index (χ4v) is 4.95. The molecule has 1 saturated heterocycles. The first kappa shape index (κ1) is 19.4. The second-order valence-corrected chi connectivity index (χ2v) is 8.95. The summed E-state index contributed by atoms with van der Waals surface area (Å²) in [5.74, 6) is -0.469. The quantitative estimate of drug-likeness (QED) is 0.760. The molecule has 2 atom stereocenters. The van der Waals surface area contributed by atoms with Crippen molar-refractivity contribution in [1.29, 1.82) is 0 Å². The normalized spacial score (nSPS) is 19.4. The van der Waals surface area contributed by atoms with Gasteiger partial charge in [0.05, 0.1) is 11.5 Å². The summed E-state index contributed by atoms with van der Waals surface area (Å²) in [4.78, 5) is 14.6. The number of rotatable bonds is 6. The molecule has 0 radical (unpaired) electrons. The van der Waals surface area contributed by atoms with Crippen LogP contribution in [-0.4, -0.2) is 42.9 Å². The largest absolute Gasteiger partial charge is 0.481 e. The third-order valence-corrected chi connectivity index (χ3v) is 6.34. The van der Waals surface area contributed by atoms with E-state index in [1.54, 1.807) is 17.9 Å². The van der Waals surface area contributed by atoms with Crippen LogP contribution < -0.4 is 4.74 Å². The summed E-state index contributed by atoms with van der Waals surface area (Å²) < 4.78 is 42.8. The van der Waals surface area contributed by atoms with E-state index in [0.717, 1.165) is 5.56 Å². The zero-order valence-electron chi connectivity index (χ0n) is 15.0. The molecule has 0 aromatic heterocycles. The first-order valence-electron chi connectivity index (χ1n) is 8.81. The van der Waals surface area contributed by atoms with Crippen molar-refractivity contribution in [3.05, 3.63) is 66.0 Å². The van der Waals surface area contributed by atoms with E-state index >= 15 is 0 Å². The summed E-state index contributed by atoms with van der Waals surface area (Å²) in [5.41, 5.74) is 0.910. The maximum atomic E-state index is 13.4. The standard InChI is InChI=1S/C20H22FNO4S/c1-15(26-19-9-5-8-17(21)12-19)20(23)22(13-16-6-3-2-4-7-16)18-10-11-27(24,25)14-18/h2-9,12,15,18H,10-11,13-14H2,1H3. The van der Waals surface area contributed by atoms with Gasteiger partial charge >= 0.3 is 0 Å². The topological polar surface area (TPSA) is 63.7 Å². The van der Waals surface area contributed by atoms with Gasteiger partial charge in [-0.3, -0.25) is 4.79 Å². The maximum Gasteiger partial charge on any atom is 0.263 e. The van der Waals surface area contributed by atoms with E-state index < -0.39 is 21.8 Å². The second-order valence-electron chi connectivity index (χ2n) is 6.73. The van der Waals surface area contributed by atoms with Crippen molar-refractivity contribution in [1.82, 2.24) is 4.90 Å². The summed E-state index contributed by atoms with van der Waals surface area (Å²) in [6.07, 6.45) is -0.452. The Bertz CT molecular complexity index is 901. The number of hydrogen-bond acceptors (Lipinski definition) is 4. The van der Waals surface area contributed by atoms with Crippen LogP contribution in [0.3, 0.4) is 0 Å². The first-order valence-corrected chi connectivity index (χ1v) is 10.6. The number of ether oxygens (including phenoxy) is 1. The molecule has 3 rings (SSSR count). The molecule has 1 fully saturated rings. The van der Waals surface area contributed by atoms with Gasteiger partial charge in [0, 0.05) is 18.7 Å². The number of halogens is 1. The van der Waals surface area contributed by atoms with Crippen LogP contribution >= 0.6 is 0 Å². The Labute approximate surface area is 158 Å². The molecule has 0 spiro atoms. The Hall–Kier alpha value is -2.41. The number of carbonyl (C=O) groups is 1. The SMILES string of the molecule is CC(Oc1cccc(F)c1)C(=O)N(Cc1ccccc1)C1CCS(=O)(=O)C1. The molecule has 0 aliphatic carbocycles. The molecule has 1 aliphatic heterocycles. The number of hydrogen-bond donors (Lipinski definition) is 0. The molecule has 5 nitrogen and oxygen atoms in total. The molecule has 1 amide bonds. The van der Waals surface area contributed by atoms with Gasteiger partial charge in [0.25, 0.3) is 5.91 Å². The van der Waals surface area contributed by atoms with E-state index in [4.69, 9.17) is 4.74 Å². The lowest BCUT2D eigenvalue weighted by molar-refractivity contribution is -0.140. The van der Waals surface area contributed by atoms with Crippen molar-refractivity contribution in [2.75, 3.05) is 11.5 Å². The minimum atomic E-state index is -3.14. The van der Waals surface area contributed by atoms with Crippen LogP contribution in [0, 0.1) is 5.82 Å². The van der Waals surface area contributed by atoms with Gasteiger partial charge in [0.2, 0.25) is 0 Å². The lowest BCUT2D eigenvalue weighted by Gasteiger charge is -2.31. The monoisotopic (exact) mass is 391 g/mol. The summed E-state index contributed by atoms with van der Waals surface area (Å²) in [6, 6.07) is 14.6. The van der Waals surface area contributed by atoms with Gasteiger partial charge in [-0.1, -0.05) is 36.4 Å². The molecule has 0 bridgehead atoms. The van der Waals surface area contributed by atoms with Crippen molar-refractivity contribution < 1.29 is 22.3 Å². The van der Waals surface area contributed by atoms with E-state index in [0.29, 0.717) is 13.0 Å². The number of amides is 1. The number of nitrogens with zero attached hydrogens (tertiary/aromatic N) is 1. The van der Waals surface area contributed by atoms with Crippen LogP contribution in [-0.2, 0) is 21.2 Å². The average Bonchev–Trinajstić information content (AvgIpc) is 2.99. The highest BCUT2D eigenvalue weighted by atomic mass is 32.2. The Morgan fingerprint density at radius 1 is 1.22 bits per heavy atom. The molecule has 2 aromatic rings. The molecule has 0 N–H and O–H groups in total. The zero-order valence-corrected chi connectivity index (χ0v) is 15.9. The van der Waals surface area contributed by atoms with E-state index in [1.807, 2.05) is 30.3 Å². The fraction of sp³-hybridized carbons (Fsp3) is 0.350. The number of sulfone groups is 1. The van der Waals surface area contributed by atoms with Crippen molar-refractivity contribution >= 4 is 15.7 Å². The van der Waals surface area contributed by atoms with E-state index in [9.17, 15) is 17.6 Å². The summed E-state index contributed by atoms with van der Waals surface area (Å²) in [5, 5.41) is 0. The summed E-state index contributed by atoms with van der Waals surface area (Å²) in [6.45, 7) is 1.89. The van der Waals surface area contributed by atoms with Crippen molar-refractivity contribution in [3.8, 4) is 5.75 Å². The second kappa shape index (κ2) is 8.08. The van der Waals surface area contributed by atoms with Crippen LogP contribution in [0.4, 0.5) is 4.39 Å². The Morgan fingerprint density at radius 2 is 1.96 bits per heavy atom. The Morgan fingerprint density at radius 3 is 2.59 bits per heavy atom. The van der Waals surface area contributed by atoms with E-state index in [2.05, 4.69) is 0 Å². The molecule has 0 saturated carbocycles. The van der Waals surface area contributed by atoms with Crippen molar-refractivity contribution in [3.63, 3.8) is 0 Å². The van der Waals surface area contributed by atoms with Gasteiger partial charge < -0.3 is 9.64 Å². The van der Waals surface area contributed by atoms with Gasteiger partial charge in [0.15, 0.2) is 15.9 Å². The van der Waals surface area contributed by atoms with Crippen LogP contribution in [0.2, 0.25) is 0 Å². The fourth-order valence-electron chi connectivity index (χ4n) is 3.22. The van der Waals surface area contributed by atoms with Crippen LogP contribution in [0.25, 0.3) is 0 Å². The number of carbonyl (C=O) groups excluding carboxylic acids is 1. The van der Waals surface area contributed by atoms with Crippen LogP contribution in [0.5, 0.6) is 5.75 Å². The van der Waals surface area contributed by atoms with E-state index in [-0.39, 0.29) is 29.2 Å². The molecule has 1 aliphatic rings. The molecule has 1 heterocycles. The highest BCUT2D eigenvalue weighted by Crippen LogP contribution is 2.22. The van der Waals surface area contributed by atoms with Gasteiger partial charge in [-0.2, -0.15) is 0 Å². The molecule has 2 aromatic carbocycles. The summed E-state index contributed by atoms with van der Waals surface area (Å²) >= 11 is 0. The lowest BCUT2D eigenvalue weighted by atomic mass is 10.1. The van der Waals surface area contributed by atoms with Gasteiger partial charge in [-0.15, -0.1) is 0 Å². The highest BCUT2D eigenvalue weighted by molar-refractivity contribution is 7.91. The van der Waals surface area contributed by atoms with Gasteiger partial charge in [-0.05, 0) is 31.0 Å². The van der Waals surface area contributed by atoms with Crippen molar-refractivity contribution in [2.45, 2.75) is 32.0 Å². The van der Waals surface area contributed by atoms with E-state index in [1.165, 1.54) is 18.2 Å². The molecule has 144 valence electrons. The van der Waals surface area contributed by atoms with Crippen LogP contribution in [0.15, 0.2) is 54.6 Å². The molecule has 7 heteroatoms. The first-order chi connectivity index (χ1) is 12.8. The minimum Gasteiger partial charge on any atom is -0.481 e. The predicted octanol–water partition coefficient (Wildman–Crippen LogP) is 2.81. The molecular formula is C20H22FNO4S. The molecule has 27 heavy (non-hydrogen) atoms. The van der Waals surface area contributed by atoms with Gasteiger partial charge in [0.1, 0.15) is 11.6 Å². The van der Waals surface area contributed by atoms with Crippen LogP contribution in [0.1, 0.15) is 18.9 Å². The third-order valence-electron chi connectivity index (χ3n) is 4.58. The average molecular weight is 391 g/mol. The highest BCUT2D eigenvalue weighted by Gasteiger charge is 2.36. The zero-order chi connectivity index (χ0) is 19.4. The number of benzene rings is 2. The Kier molecular flexibility index (Phi) is 5.79.